The van der Waals surface area contributed by atoms with Gasteiger partial charge in [0.15, 0.2) is 0 Å². The maximum absolute atomic E-state index is 11.3. The second-order valence-corrected chi connectivity index (χ2v) is 11.3. The minimum Gasteiger partial charge on any atom is -0.330 e. The van der Waals surface area contributed by atoms with E-state index >= 15 is 0 Å². The number of rotatable bonds is 12. The Morgan fingerprint density at radius 3 is 1.36 bits per heavy atom. The van der Waals surface area contributed by atoms with Gasteiger partial charge in [0.05, 0.1) is 6.61 Å². The third-order valence-corrected chi connectivity index (χ3v) is 8.57. The quantitative estimate of drug-likeness (QED) is 0.143. The molecule has 4 unspecified atom stereocenters. The van der Waals surface area contributed by atoms with Crippen molar-refractivity contribution in [2.45, 2.75) is 6.42 Å². The van der Waals surface area contributed by atoms with Gasteiger partial charge in [0.2, 0.25) is 0 Å². The molecule has 0 aromatic heterocycles. The molecule has 22 heteroatoms. The van der Waals surface area contributed by atoms with Crippen molar-refractivity contribution in [2.75, 3.05) is 13.2 Å². The van der Waals surface area contributed by atoms with Crippen molar-refractivity contribution in [3.63, 3.8) is 0 Å². The van der Waals surface area contributed by atoms with E-state index < -0.39 is 45.7 Å². The van der Waals surface area contributed by atoms with Crippen molar-refractivity contribution in [2.24, 2.45) is 5.73 Å². The van der Waals surface area contributed by atoms with Gasteiger partial charge in [-0.1, -0.05) is 0 Å². The van der Waals surface area contributed by atoms with Gasteiger partial charge in [-0.15, -0.1) is 0 Å². The Labute approximate surface area is 139 Å². The lowest BCUT2D eigenvalue weighted by Gasteiger charge is -2.19. The van der Waals surface area contributed by atoms with E-state index in [-0.39, 0.29) is 13.0 Å². The van der Waals surface area contributed by atoms with Crippen molar-refractivity contribution in [1.82, 2.24) is 0 Å². The standard InChI is InChI=1S/C3H14NO16P5/c4-2-1-3-16-22(8,9)18-24(12,13)20-25(14,15)19-23(10,11)17-21(5,6)7/h1-4H2,(H,8,9)(H,10,11)(H,12,13)(H,14,15)(H2,5,6,7). The van der Waals surface area contributed by atoms with E-state index in [1.807, 2.05) is 0 Å². The Balaban J connectivity index is 4.99. The van der Waals surface area contributed by atoms with Gasteiger partial charge >= 0.3 is 39.1 Å². The molecular formula is C3H14NO16P5. The van der Waals surface area contributed by atoms with E-state index in [2.05, 4.69) is 21.8 Å². The Hall–Kier alpha value is 0.670. The van der Waals surface area contributed by atoms with E-state index in [1.165, 1.54) is 0 Å². The Bertz CT molecular complexity index is 679. The average Bonchev–Trinajstić information content (AvgIpc) is 2.18. The molecule has 152 valence electrons. The van der Waals surface area contributed by atoms with Crippen molar-refractivity contribution in [3.05, 3.63) is 0 Å². The lowest BCUT2D eigenvalue weighted by Crippen LogP contribution is -2.04. The number of nitrogens with two attached hydrogens (primary N) is 1. The molecule has 0 aliphatic heterocycles. The molecule has 0 spiro atoms. The van der Waals surface area contributed by atoms with Gasteiger partial charge in [-0.3, -0.25) is 4.52 Å². The highest BCUT2D eigenvalue weighted by Gasteiger charge is 2.47. The van der Waals surface area contributed by atoms with Gasteiger partial charge in [0.25, 0.3) is 0 Å². The first-order valence-corrected chi connectivity index (χ1v) is 13.0. The summed E-state index contributed by atoms with van der Waals surface area (Å²) in [4.78, 5) is 52.5. The lowest BCUT2D eigenvalue weighted by atomic mass is 10.5. The fraction of sp³-hybridized carbons (Fsp3) is 1.00. The van der Waals surface area contributed by atoms with Crippen molar-refractivity contribution in [1.29, 1.82) is 0 Å². The fourth-order valence-electron chi connectivity index (χ4n) is 0.857. The van der Waals surface area contributed by atoms with E-state index in [0.29, 0.717) is 0 Å². The van der Waals surface area contributed by atoms with Crippen molar-refractivity contribution < 1.29 is 74.0 Å². The van der Waals surface area contributed by atoms with Crippen LogP contribution in [-0.2, 0) is 44.6 Å². The van der Waals surface area contributed by atoms with Crippen molar-refractivity contribution >= 4 is 39.1 Å². The van der Waals surface area contributed by atoms with Crippen molar-refractivity contribution in [3.8, 4) is 0 Å². The monoisotopic (exact) mass is 475 g/mol. The molecule has 4 atom stereocenters. The van der Waals surface area contributed by atoms with Gasteiger partial charge in [-0.05, 0) is 13.0 Å². The lowest BCUT2D eigenvalue weighted by molar-refractivity contribution is 0.168. The summed E-state index contributed by atoms with van der Waals surface area (Å²) >= 11 is 0. The highest BCUT2D eigenvalue weighted by Crippen LogP contribution is 2.73. The van der Waals surface area contributed by atoms with Crippen LogP contribution in [0.25, 0.3) is 0 Å². The normalized spacial score (nSPS) is 22.4. The van der Waals surface area contributed by atoms with Gasteiger partial charge < -0.3 is 35.1 Å². The zero-order valence-corrected chi connectivity index (χ0v) is 16.2. The van der Waals surface area contributed by atoms with Crippen LogP contribution in [-0.4, -0.2) is 42.5 Å². The summed E-state index contributed by atoms with van der Waals surface area (Å²) < 4.78 is 72.8. The summed E-state index contributed by atoms with van der Waals surface area (Å²) in [5.41, 5.74) is 5.05. The zero-order chi connectivity index (χ0) is 20.2. The second-order valence-electron chi connectivity index (χ2n) is 3.67. The summed E-state index contributed by atoms with van der Waals surface area (Å²) in [5, 5.41) is 0. The molecule has 0 saturated carbocycles. The van der Waals surface area contributed by atoms with E-state index in [1.54, 1.807) is 0 Å². The van der Waals surface area contributed by atoms with Crippen LogP contribution in [0.4, 0.5) is 0 Å². The van der Waals surface area contributed by atoms with Crippen LogP contribution >= 0.6 is 39.1 Å². The molecule has 25 heavy (non-hydrogen) atoms. The Morgan fingerprint density at radius 1 is 0.640 bits per heavy atom. The molecule has 8 N–H and O–H groups in total. The fourth-order valence-corrected chi connectivity index (χ4v) is 6.77. The third kappa shape index (κ3) is 13.5. The Kier molecular flexibility index (Phi) is 9.49. The van der Waals surface area contributed by atoms with Crippen LogP contribution in [0.5, 0.6) is 0 Å². The largest absolute Gasteiger partial charge is 0.490 e. The number of phosphoric acid groups is 5. The minimum atomic E-state index is -6.07. The SMILES string of the molecule is NCCCOP(=O)(O)OP(=O)(O)OP(=O)(O)OP(=O)(O)OP(=O)(O)O. The number of hydrogen-bond acceptors (Lipinski definition) is 11. The highest BCUT2D eigenvalue weighted by molar-refractivity contribution is 7.71. The van der Waals surface area contributed by atoms with Gasteiger partial charge in [-0.2, -0.15) is 17.2 Å². The van der Waals surface area contributed by atoms with E-state index in [4.69, 9.17) is 35.1 Å². The summed E-state index contributed by atoms with van der Waals surface area (Å²) in [6.07, 6.45) is 0.0273. The molecule has 17 nitrogen and oxygen atoms in total. The van der Waals surface area contributed by atoms with E-state index in [0.717, 1.165) is 0 Å². The second kappa shape index (κ2) is 9.24. The molecule has 0 saturated heterocycles. The molecule has 0 aromatic carbocycles. The van der Waals surface area contributed by atoms with Gasteiger partial charge in [-0.25, -0.2) is 22.8 Å². The molecule has 0 amide bonds. The highest BCUT2D eigenvalue weighted by atomic mass is 31.3. The summed E-state index contributed by atoms with van der Waals surface area (Å²) in [6.45, 7) is -0.502. The first kappa shape index (κ1) is 25.7. The number of phosphoric ester groups is 1. The Morgan fingerprint density at radius 2 is 1.00 bits per heavy atom. The van der Waals surface area contributed by atoms with Crippen LogP contribution in [0.2, 0.25) is 0 Å². The molecule has 0 aliphatic rings. The molecule has 0 aliphatic carbocycles. The molecule has 0 bridgehead atoms. The van der Waals surface area contributed by atoms with Crippen LogP contribution in [0.15, 0.2) is 0 Å². The molecule has 0 heterocycles. The number of hydrogen-bond donors (Lipinski definition) is 7. The predicted molar refractivity (Wildman–Crippen MR) is 75.3 cm³/mol. The maximum atomic E-state index is 11.3. The van der Waals surface area contributed by atoms with Crippen LogP contribution in [0.1, 0.15) is 6.42 Å². The van der Waals surface area contributed by atoms with E-state index in [9.17, 15) is 22.8 Å². The molecular weight excluding hydrogens is 461 g/mol. The molecule has 0 rings (SSSR count). The van der Waals surface area contributed by atoms with Gasteiger partial charge in [0, 0.05) is 0 Å². The topological polar surface area (TPSA) is 279 Å². The van der Waals surface area contributed by atoms with Gasteiger partial charge in [0.1, 0.15) is 0 Å². The summed E-state index contributed by atoms with van der Waals surface area (Å²) in [5.74, 6) is 0. The molecule has 0 radical (unpaired) electrons. The summed E-state index contributed by atoms with van der Waals surface area (Å²) in [7, 11) is -28.9. The summed E-state index contributed by atoms with van der Waals surface area (Å²) in [6, 6.07) is 0. The van der Waals surface area contributed by atoms with Crippen LogP contribution in [0.3, 0.4) is 0 Å². The van der Waals surface area contributed by atoms with Crippen LogP contribution in [0, 0.1) is 0 Å². The predicted octanol–water partition coefficient (Wildman–Crippen LogP) is -0.0875. The smallest absolute Gasteiger partial charge is 0.330 e. The zero-order valence-electron chi connectivity index (χ0n) is 11.7. The minimum absolute atomic E-state index is 0.0122. The first-order valence-electron chi connectivity index (χ1n) is 5.45. The third-order valence-electron chi connectivity index (χ3n) is 1.43. The maximum Gasteiger partial charge on any atom is 0.490 e. The van der Waals surface area contributed by atoms with Crippen LogP contribution < -0.4 is 5.73 Å². The molecule has 0 fully saturated rings. The first-order chi connectivity index (χ1) is 10.9. The average molecular weight is 475 g/mol. The molecule has 0 aromatic rings.